The van der Waals surface area contributed by atoms with Gasteiger partial charge >= 0.3 is 0 Å². The SMILES string of the molecule is COc1ccc(C2Nc3nonc3NC3=C2C(=O)CC(c2ccc(C)cc2)C3)cc1. The highest BCUT2D eigenvalue weighted by Gasteiger charge is 2.37. The van der Waals surface area contributed by atoms with Crippen molar-refractivity contribution in [3.63, 3.8) is 0 Å². The molecule has 2 unspecified atom stereocenters. The zero-order chi connectivity index (χ0) is 20.7. The molecule has 1 aromatic heterocycles. The van der Waals surface area contributed by atoms with Crippen LogP contribution in [0.5, 0.6) is 5.75 Å². The fraction of sp³-hybridized carbons (Fsp3) is 0.261. The molecule has 2 heterocycles. The number of anilines is 2. The van der Waals surface area contributed by atoms with Crippen molar-refractivity contribution in [2.24, 2.45) is 0 Å². The number of aromatic nitrogens is 2. The van der Waals surface area contributed by atoms with E-state index in [9.17, 15) is 4.79 Å². The van der Waals surface area contributed by atoms with Crippen LogP contribution in [-0.4, -0.2) is 23.2 Å². The van der Waals surface area contributed by atoms with Crippen LogP contribution in [0.3, 0.4) is 0 Å². The number of allylic oxidation sites excluding steroid dienone is 1. The Bertz CT molecular complexity index is 1120. The zero-order valence-electron chi connectivity index (χ0n) is 16.8. The number of ketones is 1. The molecule has 2 N–H and O–H groups in total. The highest BCUT2D eigenvalue weighted by atomic mass is 16.6. The van der Waals surface area contributed by atoms with Gasteiger partial charge in [0.15, 0.2) is 5.78 Å². The van der Waals surface area contributed by atoms with Gasteiger partial charge < -0.3 is 15.4 Å². The molecule has 152 valence electrons. The lowest BCUT2D eigenvalue weighted by Crippen LogP contribution is -2.27. The number of carbonyl (C=O) groups is 1. The molecule has 2 aliphatic rings. The summed E-state index contributed by atoms with van der Waals surface area (Å²) in [4.78, 5) is 13.4. The Balaban J connectivity index is 1.57. The molecule has 0 saturated carbocycles. The average molecular weight is 402 g/mol. The number of hydrogen-bond donors (Lipinski definition) is 2. The molecule has 7 nitrogen and oxygen atoms in total. The number of methoxy groups -OCH3 is 1. The first-order chi connectivity index (χ1) is 14.6. The number of carbonyl (C=O) groups excluding carboxylic acids is 1. The Morgan fingerprint density at radius 1 is 0.967 bits per heavy atom. The van der Waals surface area contributed by atoms with Crippen LogP contribution >= 0.6 is 0 Å². The van der Waals surface area contributed by atoms with E-state index in [1.807, 2.05) is 24.3 Å². The van der Waals surface area contributed by atoms with E-state index in [1.165, 1.54) is 11.1 Å². The van der Waals surface area contributed by atoms with Gasteiger partial charge in [-0.3, -0.25) is 4.79 Å². The third-order valence-corrected chi connectivity index (χ3v) is 5.83. The largest absolute Gasteiger partial charge is 0.497 e. The molecule has 0 bridgehead atoms. The second-order valence-corrected chi connectivity index (χ2v) is 7.77. The van der Waals surface area contributed by atoms with Crippen LogP contribution in [0.1, 0.15) is 41.5 Å². The molecule has 2 aromatic carbocycles. The maximum Gasteiger partial charge on any atom is 0.219 e. The quantitative estimate of drug-likeness (QED) is 0.672. The second-order valence-electron chi connectivity index (χ2n) is 7.77. The average Bonchev–Trinajstić information content (AvgIpc) is 3.13. The number of aryl methyl sites for hydroxylation is 1. The Hall–Kier alpha value is -3.61. The lowest BCUT2D eigenvalue weighted by atomic mass is 9.78. The number of fused-ring (bicyclic) bond motifs is 1. The van der Waals surface area contributed by atoms with Gasteiger partial charge in [0.2, 0.25) is 11.6 Å². The van der Waals surface area contributed by atoms with Gasteiger partial charge in [-0.1, -0.05) is 42.0 Å². The first kappa shape index (κ1) is 18.4. The van der Waals surface area contributed by atoms with E-state index in [2.05, 4.69) is 52.1 Å². The molecule has 0 saturated heterocycles. The molecule has 7 heteroatoms. The van der Waals surface area contributed by atoms with Gasteiger partial charge in [-0.25, -0.2) is 4.63 Å². The van der Waals surface area contributed by atoms with Crippen LogP contribution in [0, 0.1) is 6.92 Å². The molecule has 0 spiro atoms. The van der Waals surface area contributed by atoms with Gasteiger partial charge in [0.05, 0.1) is 13.2 Å². The summed E-state index contributed by atoms with van der Waals surface area (Å²) < 4.78 is 10.2. The number of hydrogen-bond acceptors (Lipinski definition) is 7. The van der Waals surface area contributed by atoms with Crippen LogP contribution in [-0.2, 0) is 4.79 Å². The minimum absolute atomic E-state index is 0.113. The standard InChI is InChI=1S/C23H22N4O3/c1-13-3-5-14(6-4-13)16-11-18-20(19(28)12-16)21(15-7-9-17(29-2)10-8-15)25-23-22(24-18)26-30-27-23/h3-10,16,21H,11-12H2,1-2H3,(H,24,26)(H,25,27). The third kappa shape index (κ3) is 3.22. The van der Waals surface area contributed by atoms with E-state index in [-0.39, 0.29) is 17.7 Å². The molecule has 0 radical (unpaired) electrons. The van der Waals surface area contributed by atoms with Gasteiger partial charge in [0, 0.05) is 17.7 Å². The molecule has 2 atom stereocenters. The van der Waals surface area contributed by atoms with Crippen molar-refractivity contribution in [3.05, 3.63) is 76.5 Å². The summed E-state index contributed by atoms with van der Waals surface area (Å²) in [6.07, 6.45) is 1.18. The predicted octanol–water partition coefficient (Wildman–Crippen LogP) is 4.37. The summed E-state index contributed by atoms with van der Waals surface area (Å²) >= 11 is 0. The molecule has 0 amide bonds. The number of ether oxygens (including phenoxy) is 1. The number of nitrogens with zero attached hydrogens (tertiary/aromatic N) is 2. The monoisotopic (exact) mass is 402 g/mol. The summed E-state index contributed by atoms with van der Waals surface area (Å²) in [5.41, 5.74) is 4.90. The van der Waals surface area contributed by atoms with E-state index in [0.717, 1.165) is 22.6 Å². The van der Waals surface area contributed by atoms with E-state index >= 15 is 0 Å². The fourth-order valence-corrected chi connectivity index (χ4v) is 4.22. The van der Waals surface area contributed by atoms with Gasteiger partial charge in [-0.05, 0) is 52.8 Å². The molecule has 0 fully saturated rings. The molecular formula is C23H22N4O3. The van der Waals surface area contributed by atoms with Crippen molar-refractivity contribution in [3.8, 4) is 5.75 Å². The molecule has 1 aliphatic heterocycles. The van der Waals surface area contributed by atoms with Crippen LogP contribution in [0.4, 0.5) is 11.6 Å². The minimum atomic E-state index is -0.349. The van der Waals surface area contributed by atoms with Crippen LogP contribution < -0.4 is 15.4 Å². The topological polar surface area (TPSA) is 89.3 Å². The van der Waals surface area contributed by atoms with E-state index < -0.39 is 0 Å². The predicted molar refractivity (Wildman–Crippen MR) is 112 cm³/mol. The normalized spacial score (nSPS) is 20.5. The Morgan fingerprint density at radius 3 is 2.40 bits per heavy atom. The van der Waals surface area contributed by atoms with E-state index in [1.54, 1.807) is 7.11 Å². The first-order valence-corrected chi connectivity index (χ1v) is 9.95. The summed E-state index contributed by atoms with van der Waals surface area (Å²) in [6, 6.07) is 15.7. The Morgan fingerprint density at radius 2 is 1.67 bits per heavy atom. The van der Waals surface area contributed by atoms with E-state index in [0.29, 0.717) is 24.5 Å². The summed E-state index contributed by atoms with van der Waals surface area (Å²) in [5.74, 6) is 1.98. The smallest absolute Gasteiger partial charge is 0.219 e. The van der Waals surface area contributed by atoms with Crippen LogP contribution in [0.15, 0.2) is 64.4 Å². The van der Waals surface area contributed by atoms with Gasteiger partial charge in [0.25, 0.3) is 0 Å². The fourth-order valence-electron chi connectivity index (χ4n) is 4.22. The van der Waals surface area contributed by atoms with E-state index in [4.69, 9.17) is 9.37 Å². The number of benzene rings is 2. The lowest BCUT2D eigenvalue weighted by Gasteiger charge is -2.29. The Kier molecular flexibility index (Phi) is 4.50. The van der Waals surface area contributed by atoms with Crippen molar-refractivity contribution in [2.75, 3.05) is 17.7 Å². The van der Waals surface area contributed by atoms with Crippen LogP contribution in [0.25, 0.3) is 0 Å². The summed E-state index contributed by atoms with van der Waals surface area (Å²) in [5, 5.41) is 14.6. The summed E-state index contributed by atoms with van der Waals surface area (Å²) in [7, 11) is 1.63. The lowest BCUT2D eigenvalue weighted by molar-refractivity contribution is -0.116. The Labute approximate surface area is 174 Å². The van der Waals surface area contributed by atoms with Gasteiger partial charge in [-0.15, -0.1) is 0 Å². The molecule has 1 aliphatic carbocycles. The van der Waals surface area contributed by atoms with Crippen molar-refractivity contribution in [2.45, 2.75) is 31.7 Å². The highest BCUT2D eigenvalue weighted by molar-refractivity contribution is 6.00. The molecule has 3 aromatic rings. The van der Waals surface area contributed by atoms with Gasteiger partial charge in [0.1, 0.15) is 5.75 Å². The van der Waals surface area contributed by atoms with Crippen molar-refractivity contribution in [1.82, 2.24) is 10.3 Å². The van der Waals surface area contributed by atoms with Gasteiger partial charge in [-0.2, -0.15) is 0 Å². The maximum absolute atomic E-state index is 13.4. The molecule has 5 rings (SSSR count). The highest BCUT2D eigenvalue weighted by Crippen LogP contribution is 2.43. The van der Waals surface area contributed by atoms with Crippen LogP contribution in [0.2, 0.25) is 0 Å². The molecular weight excluding hydrogens is 380 g/mol. The third-order valence-electron chi connectivity index (χ3n) is 5.83. The first-order valence-electron chi connectivity index (χ1n) is 9.95. The number of rotatable bonds is 3. The number of nitrogens with one attached hydrogen (secondary N) is 2. The number of Topliss-reactive ketones (excluding diaryl/α,β-unsaturated/α-hetero) is 1. The molecule has 30 heavy (non-hydrogen) atoms. The summed E-state index contributed by atoms with van der Waals surface area (Å²) in [6.45, 7) is 2.06. The zero-order valence-corrected chi connectivity index (χ0v) is 16.8. The van der Waals surface area contributed by atoms with Crippen molar-refractivity contribution >= 4 is 17.4 Å². The minimum Gasteiger partial charge on any atom is -0.497 e. The van der Waals surface area contributed by atoms with Crippen molar-refractivity contribution in [1.29, 1.82) is 0 Å². The second kappa shape index (κ2) is 7.33. The maximum atomic E-state index is 13.4. The van der Waals surface area contributed by atoms with Crippen molar-refractivity contribution < 1.29 is 14.2 Å².